The van der Waals surface area contributed by atoms with Crippen molar-refractivity contribution in [3.05, 3.63) is 36.5 Å². The average molecular weight is 211 g/mol. The van der Waals surface area contributed by atoms with Gasteiger partial charge in [-0.1, -0.05) is 0 Å². The normalized spacial score (nSPS) is 11.5. The molecular formula is C12H18LiNSi. The third-order valence-corrected chi connectivity index (χ3v) is 6.42. The van der Waals surface area contributed by atoms with Crippen LogP contribution in [0.5, 0.6) is 0 Å². The van der Waals surface area contributed by atoms with Crippen molar-refractivity contribution in [2.45, 2.75) is 30.7 Å². The van der Waals surface area contributed by atoms with E-state index in [-0.39, 0.29) is 0 Å². The van der Waals surface area contributed by atoms with Crippen molar-refractivity contribution >= 4 is 31.1 Å². The second-order valence-corrected chi connectivity index (χ2v) is 9.57. The molecule has 76 valence electrons. The van der Waals surface area contributed by atoms with Gasteiger partial charge in [-0.15, -0.1) is 0 Å². The molecule has 0 aliphatic heterocycles. The first-order valence-corrected chi connectivity index (χ1v) is 8.88. The second-order valence-electron chi connectivity index (χ2n) is 4.58. The first kappa shape index (κ1) is 12.8. The molecule has 0 fully saturated rings. The van der Waals surface area contributed by atoms with E-state index < -0.39 is 8.07 Å². The predicted molar refractivity (Wildman–Crippen MR) is 70.4 cm³/mol. The maximum absolute atomic E-state index is 4.77. The van der Waals surface area contributed by atoms with Crippen LogP contribution in [0.1, 0.15) is 12.1 Å². The van der Waals surface area contributed by atoms with E-state index in [9.17, 15) is 0 Å². The Bertz CT molecular complexity index is 336. The number of rotatable bonds is 5. The van der Waals surface area contributed by atoms with Crippen molar-refractivity contribution in [2.24, 2.45) is 0 Å². The van der Waals surface area contributed by atoms with E-state index in [2.05, 4.69) is 55.6 Å². The SMILES string of the molecule is [Li][CH2][Si](C)(C)c1cccc(CCC=C)n1. The van der Waals surface area contributed by atoms with Gasteiger partial charge in [0, 0.05) is 0 Å². The molecule has 1 nitrogen and oxygen atoms in total. The Labute approximate surface area is 103 Å². The molecule has 0 unspecified atom stereocenters. The van der Waals surface area contributed by atoms with Gasteiger partial charge in [0.25, 0.3) is 0 Å². The molecule has 0 amide bonds. The quantitative estimate of drug-likeness (QED) is 0.537. The molecule has 0 aliphatic rings. The van der Waals surface area contributed by atoms with Crippen LogP contribution in [0.15, 0.2) is 30.9 Å². The number of nitrogens with zero attached hydrogens (tertiary/aromatic N) is 1. The molecule has 0 atom stereocenters. The Kier molecular flexibility index (Phi) is 4.85. The van der Waals surface area contributed by atoms with Crippen molar-refractivity contribution in [2.75, 3.05) is 0 Å². The molecule has 0 saturated carbocycles. The number of hydrogen-bond donors (Lipinski definition) is 0. The Morgan fingerprint density at radius 3 is 2.80 bits per heavy atom. The van der Waals surface area contributed by atoms with Crippen molar-refractivity contribution in [1.29, 1.82) is 0 Å². The van der Waals surface area contributed by atoms with E-state index in [4.69, 9.17) is 4.98 Å². The van der Waals surface area contributed by atoms with Crippen molar-refractivity contribution in [3.8, 4) is 0 Å². The van der Waals surface area contributed by atoms with Crippen LogP contribution in [0.2, 0.25) is 17.8 Å². The number of pyridine rings is 1. The zero-order valence-electron chi connectivity index (χ0n) is 10.1. The standard InChI is InChI=1S/C12H18NSi.Li/c1-5-6-8-11-9-7-10-12(13-11)14(2,3)4;/h5,7,9-10H,1-2,6,8H2,3-4H3;. The second kappa shape index (κ2) is 5.70. The Hall–Kier alpha value is -0.296. The molecule has 1 heterocycles. The number of allylic oxidation sites excluding steroid dienone is 1. The molecule has 0 radical (unpaired) electrons. The summed E-state index contributed by atoms with van der Waals surface area (Å²) in [5.41, 5.74) is 1.21. The summed E-state index contributed by atoms with van der Waals surface area (Å²) in [6.45, 7) is 8.51. The molecular weight excluding hydrogens is 193 g/mol. The van der Waals surface area contributed by atoms with Crippen molar-refractivity contribution in [1.82, 2.24) is 4.98 Å². The first-order chi connectivity index (χ1) is 7.10. The van der Waals surface area contributed by atoms with Gasteiger partial charge in [-0.3, -0.25) is 0 Å². The van der Waals surface area contributed by atoms with E-state index >= 15 is 0 Å². The molecule has 1 aromatic heterocycles. The van der Waals surface area contributed by atoms with Gasteiger partial charge in [-0.2, -0.15) is 0 Å². The fraction of sp³-hybridized carbons (Fsp3) is 0.417. The van der Waals surface area contributed by atoms with Crippen LogP contribution >= 0.6 is 0 Å². The summed E-state index contributed by atoms with van der Waals surface area (Å²) in [5, 5.41) is 1.34. The van der Waals surface area contributed by atoms with Crippen molar-refractivity contribution in [3.63, 3.8) is 0 Å². The molecule has 0 bridgehead atoms. The van der Waals surface area contributed by atoms with Crippen LogP contribution in [0.25, 0.3) is 0 Å². The summed E-state index contributed by atoms with van der Waals surface area (Å²) in [7, 11) is -1.26. The van der Waals surface area contributed by atoms with Gasteiger partial charge in [0.05, 0.1) is 0 Å². The molecule has 1 aromatic rings. The van der Waals surface area contributed by atoms with E-state index in [1.165, 1.54) is 15.7 Å². The average Bonchev–Trinajstić information content (AvgIpc) is 2.27. The van der Waals surface area contributed by atoms with Gasteiger partial charge >= 0.3 is 103 Å². The summed E-state index contributed by atoms with van der Waals surface area (Å²) >= 11 is 2.27. The molecule has 1 rings (SSSR count). The van der Waals surface area contributed by atoms with Crippen LogP contribution in [0.4, 0.5) is 0 Å². The van der Waals surface area contributed by atoms with Gasteiger partial charge in [-0.25, -0.2) is 0 Å². The van der Waals surface area contributed by atoms with Gasteiger partial charge in [0.15, 0.2) is 0 Å². The van der Waals surface area contributed by atoms with Crippen molar-refractivity contribution < 1.29 is 0 Å². The first-order valence-electron chi connectivity index (χ1n) is 5.67. The van der Waals surface area contributed by atoms with E-state index in [0.29, 0.717) is 0 Å². The number of aromatic nitrogens is 1. The zero-order chi connectivity index (χ0) is 11.3. The predicted octanol–water partition coefficient (Wildman–Crippen LogP) is 2.24. The fourth-order valence-electron chi connectivity index (χ4n) is 1.43. The Morgan fingerprint density at radius 1 is 1.47 bits per heavy atom. The summed E-state index contributed by atoms with van der Waals surface area (Å²) in [6.07, 6.45) is 3.99. The number of aryl methyl sites for hydroxylation is 1. The molecule has 0 aromatic carbocycles. The topological polar surface area (TPSA) is 12.9 Å². The fourth-order valence-corrected chi connectivity index (χ4v) is 2.78. The minimum absolute atomic E-state index is 1.02. The third kappa shape index (κ3) is 3.64. The monoisotopic (exact) mass is 211 g/mol. The molecule has 0 saturated heterocycles. The summed E-state index contributed by atoms with van der Waals surface area (Å²) in [6, 6.07) is 6.45. The molecule has 0 spiro atoms. The minimum atomic E-state index is -1.26. The zero-order valence-corrected chi connectivity index (χ0v) is 11.1. The van der Waals surface area contributed by atoms with E-state index in [1.54, 1.807) is 0 Å². The van der Waals surface area contributed by atoms with E-state index in [0.717, 1.165) is 12.8 Å². The maximum atomic E-state index is 4.77. The van der Waals surface area contributed by atoms with Gasteiger partial charge < -0.3 is 0 Å². The van der Waals surface area contributed by atoms with E-state index in [1.807, 2.05) is 6.08 Å². The van der Waals surface area contributed by atoms with Gasteiger partial charge in [-0.05, 0) is 0 Å². The van der Waals surface area contributed by atoms with Crippen LogP contribution in [0, 0.1) is 0 Å². The van der Waals surface area contributed by atoms with Crippen LogP contribution in [-0.2, 0) is 6.42 Å². The molecule has 0 aliphatic carbocycles. The van der Waals surface area contributed by atoms with Crippen LogP contribution in [0.3, 0.4) is 0 Å². The summed E-state index contributed by atoms with van der Waals surface area (Å²) in [5.74, 6) is 0. The summed E-state index contributed by atoms with van der Waals surface area (Å²) in [4.78, 5) is 4.77. The van der Waals surface area contributed by atoms with Gasteiger partial charge in [0.1, 0.15) is 0 Å². The number of hydrogen-bond acceptors (Lipinski definition) is 1. The summed E-state index contributed by atoms with van der Waals surface area (Å²) < 4.78 is 1.25. The molecule has 15 heavy (non-hydrogen) atoms. The third-order valence-electron chi connectivity index (χ3n) is 2.99. The van der Waals surface area contributed by atoms with Crippen LogP contribution < -0.4 is 5.32 Å². The molecule has 0 N–H and O–H groups in total. The van der Waals surface area contributed by atoms with Crippen LogP contribution in [-0.4, -0.2) is 30.8 Å². The Balaban J connectivity index is 2.87. The van der Waals surface area contributed by atoms with Gasteiger partial charge in [0.2, 0.25) is 0 Å². The Morgan fingerprint density at radius 2 is 2.20 bits per heavy atom. The molecule has 3 heteroatoms.